The number of hydrogen-bond acceptors (Lipinski definition) is 6. The van der Waals surface area contributed by atoms with Gasteiger partial charge < -0.3 is 19.5 Å². The smallest absolute Gasteiger partial charge is 0.344 e. The van der Waals surface area contributed by atoms with E-state index in [1.54, 1.807) is 12.1 Å². The van der Waals surface area contributed by atoms with Gasteiger partial charge in [-0.05, 0) is 60.7 Å². The summed E-state index contributed by atoms with van der Waals surface area (Å²) in [7, 11) is 0. The van der Waals surface area contributed by atoms with Crippen molar-refractivity contribution in [3.05, 3.63) is 53.1 Å². The summed E-state index contributed by atoms with van der Waals surface area (Å²) < 4.78 is 15.7. The molecule has 1 amide bonds. The Morgan fingerprint density at radius 3 is 2.79 bits per heavy atom. The molecule has 28 heavy (non-hydrogen) atoms. The molecule has 1 aliphatic carbocycles. The first-order chi connectivity index (χ1) is 13.6. The molecule has 0 radical (unpaired) electrons. The van der Waals surface area contributed by atoms with Crippen molar-refractivity contribution in [1.29, 1.82) is 0 Å². The minimum atomic E-state index is -0.622. The van der Waals surface area contributed by atoms with Crippen LogP contribution in [0.25, 0.3) is 0 Å². The van der Waals surface area contributed by atoms with Gasteiger partial charge in [0.15, 0.2) is 25.6 Å². The Kier molecular flexibility index (Phi) is 4.97. The second kappa shape index (κ2) is 7.72. The predicted octanol–water partition coefficient (Wildman–Crippen LogP) is 2.31. The number of ketones is 1. The van der Waals surface area contributed by atoms with Crippen molar-refractivity contribution >= 4 is 23.3 Å². The van der Waals surface area contributed by atoms with Gasteiger partial charge in [0.1, 0.15) is 11.5 Å². The molecule has 0 unspecified atom stereocenters. The second-order valence-corrected chi connectivity index (χ2v) is 6.70. The normalized spacial score (nSPS) is 14.4. The topological polar surface area (TPSA) is 90.9 Å². The lowest BCUT2D eigenvalue weighted by Crippen LogP contribution is -2.25. The molecular formula is C21H19NO6. The predicted molar refractivity (Wildman–Crippen MR) is 99.8 cm³/mol. The Balaban J connectivity index is 1.28. The standard InChI is InChI=1S/C21H19NO6/c23-18(15-5-7-19-17(9-15)22-20(24)11-27-19)10-28-21(25)12-26-16-6-4-13-2-1-3-14(13)8-16/h4-9H,1-3,10-12H2,(H,22,24). The largest absolute Gasteiger partial charge is 0.482 e. The summed E-state index contributed by atoms with van der Waals surface area (Å²) in [4.78, 5) is 35.5. The third-order valence-corrected chi connectivity index (χ3v) is 4.73. The highest BCUT2D eigenvalue weighted by Crippen LogP contribution is 2.28. The maximum Gasteiger partial charge on any atom is 0.344 e. The molecule has 0 bridgehead atoms. The lowest BCUT2D eigenvalue weighted by Gasteiger charge is -2.18. The fourth-order valence-electron chi connectivity index (χ4n) is 3.31. The SMILES string of the molecule is O=C1COc2ccc(C(=O)COC(=O)COc3ccc4c(c3)CCC4)cc2N1. The number of Topliss-reactive ketones (excluding diaryl/α,β-unsaturated/α-hetero) is 1. The van der Waals surface area contributed by atoms with Crippen LogP contribution in [0.3, 0.4) is 0 Å². The molecule has 0 fully saturated rings. The Morgan fingerprint density at radius 2 is 1.89 bits per heavy atom. The molecule has 2 aromatic rings. The number of carbonyl (C=O) groups is 3. The van der Waals surface area contributed by atoms with Crippen LogP contribution in [0, 0.1) is 0 Å². The van der Waals surface area contributed by atoms with E-state index >= 15 is 0 Å². The number of esters is 1. The number of anilines is 1. The zero-order valence-electron chi connectivity index (χ0n) is 15.2. The van der Waals surface area contributed by atoms with Crippen LogP contribution in [-0.2, 0) is 27.2 Å². The van der Waals surface area contributed by atoms with Crippen LogP contribution in [0.2, 0.25) is 0 Å². The monoisotopic (exact) mass is 381 g/mol. The molecule has 0 saturated heterocycles. The number of nitrogens with one attached hydrogen (secondary N) is 1. The van der Waals surface area contributed by atoms with Gasteiger partial charge in [-0.1, -0.05) is 6.07 Å². The third kappa shape index (κ3) is 3.98. The number of ether oxygens (including phenoxy) is 3. The Labute approximate surface area is 161 Å². The molecule has 2 aliphatic rings. The van der Waals surface area contributed by atoms with Crippen molar-refractivity contribution in [2.75, 3.05) is 25.1 Å². The van der Waals surface area contributed by atoms with Gasteiger partial charge in [0.05, 0.1) is 5.69 Å². The summed E-state index contributed by atoms with van der Waals surface area (Å²) in [5.41, 5.74) is 3.32. The summed E-state index contributed by atoms with van der Waals surface area (Å²) in [6, 6.07) is 10.5. The maximum absolute atomic E-state index is 12.2. The number of amides is 1. The van der Waals surface area contributed by atoms with E-state index in [-0.39, 0.29) is 24.9 Å². The van der Waals surface area contributed by atoms with E-state index in [1.807, 2.05) is 18.2 Å². The highest BCUT2D eigenvalue weighted by atomic mass is 16.6. The molecule has 0 aromatic heterocycles. The van der Waals surface area contributed by atoms with E-state index in [4.69, 9.17) is 14.2 Å². The molecule has 1 aliphatic heterocycles. The minimum absolute atomic E-state index is 0.0534. The van der Waals surface area contributed by atoms with Crippen LogP contribution in [0.15, 0.2) is 36.4 Å². The van der Waals surface area contributed by atoms with E-state index in [2.05, 4.69) is 5.32 Å². The fraction of sp³-hybridized carbons (Fsp3) is 0.286. The number of rotatable bonds is 6. The Morgan fingerprint density at radius 1 is 1.04 bits per heavy atom. The third-order valence-electron chi connectivity index (χ3n) is 4.73. The maximum atomic E-state index is 12.2. The van der Waals surface area contributed by atoms with Crippen molar-refractivity contribution in [2.24, 2.45) is 0 Å². The van der Waals surface area contributed by atoms with Gasteiger partial charge in [-0.2, -0.15) is 0 Å². The van der Waals surface area contributed by atoms with Gasteiger partial charge >= 0.3 is 5.97 Å². The number of hydrogen-bond donors (Lipinski definition) is 1. The first kappa shape index (κ1) is 18.0. The van der Waals surface area contributed by atoms with Crippen LogP contribution < -0.4 is 14.8 Å². The van der Waals surface area contributed by atoms with Crippen LogP contribution in [0.1, 0.15) is 27.9 Å². The van der Waals surface area contributed by atoms with E-state index < -0.39 is 12.6 Å². The van der Waals surface area contributed by atoms with Gasteiger partial charge in [0, 0.05) is 5.56 Å². The van der Waals surface area contributed by atoms with E-state index in [1.165, 1.54) is 17.2 Å². The molecular weight excluding hydrogens is 362 g/mol. The van der Waals surface area contributed by atoms with Crippen LogP contribution >= 0.6 is 0 Å². The van der Waals surface area contributed by atoms with Gasteiger partial charge in [0.2, 0.25) is 0 Å². The van der Waals surface area contributed by atoms with E-state index in [9.17, 15) is 14.4 Å². The molecule has 7 nitrogen and oxygen atoms in total. The summed E-state index contributed by atoms with van der Waals surface area (Å²) in [5.74, 6) is -0.172. The number of carbonyl (C=O) groups excluding carboxylic acids is 3. The molecule has 1 N–H and O–H groups in total. The van der Waals surface area contributed by atoms with E-state index in [0.29, 0.717) is 22.7 Å². The van der Waals surface area contributed by atoms with Gasteiger partial charge in [0.25, 0.3) is 5.91 Å². The zero-order chi connectivity index (χ0) is 19.5. The highest BCUT2D eigenvalue weighted by Gasteiger charge is 2.19. The lowest BCUT2D eigenvalue weighted by molar-refractivity contribution is -0.144. The van der Waals surface area contributed by atoms with Gasteiger partial charge in [-0.15, -0.1) is 0 Å². The Bertz CT molecular complexity index is 952. The summed E-state index contributed by atoms with van der Waals surface area (Å²) in [5, 5.41) is 2.63. The van der Waals surface area contributed by atoms with Gasteiger partial charge in [-0.25, -0.2) is 4.79 Å². The molecule has 0 spiro atoms. The molecule has 0 atom stereocenters. The lowest BCUT2D eigenvalue weighted by atomic mass is 10.1. The first-order valence-corrected chi connectivity index (χ1v) is 9.08. The average Bonchev–Trinajstić information content (AvgIpc) is 3.17. The van der Waals surface area contributed by atoms with Crippen LogP contribution in [-0.4, -0.2) is 37.5 Å². The highest BCUT2D eigenvalue weighted by molar-refractivity contribution is 6.01. The van der Waals surface area contributed by atoms with Crippen molar-refractivity contribution in [1.82, 2.24) is 0 Å². The first-order valence-electron chi connectivity index (χ1n) is 9.08. The van der Waals surface area contributed by atoms with Crippen LogP contribution in [0.4, 0.5) is 5.69 Å². The average molecular weight is 381 g/mol. The number of benzene rings is 2. The molecule has 0 saturated carbocycles. The molecule has 144 valence electrons. The van der Waals surface area contributed by atoms with Crippen LogP contribution in [0.5, 0.6) is 11.5 Å². The molecule has 7 heteroatoms. The second-order valence-electron chi connectivity index (χ2n) is 6.70. The quantitative estimate of drug-likeness (QED) is 0.610. The summed E-state index contributed by atoms with van der Waals surface area (Å²) in [6.07, 6.45) is 3.25. The molecule has 2 aromatic carbocycles. The minimum Gasteiger partial charge on any atom is -0.482 e. The number of aryl methyl sites for hydroxylation is 2. The summed E-state index contributed by atoms with van der Waals surface area (Å²) >= 11 is 0. The van der Waals surface area contributed by atoms with Crippen molar-refractivity contribution in [3.63, 3.8) is 0 Å². The molecule has 4 rings (SSSR count). The van der Waals surface area contributed by atoms with Crippen molar-refractivity contribution in [2.45, 2.75) is 19.3 Å². The fourth-order valence-corrected chi connectivity index (χ4v) is 3.31. The van der Waals surface area contributed by atoms with Crippen molar-refractivity contribution in [3.8, 4) is 11.5 Å². The Hall–Kier alpha value is -3.35. The van der Waals surface area contributed by atoms with E-state index in [0.717, 1.165) is 19.3 Å². The zero-order valence-corrected chi connectivity index (χ0v) is 15.2. The summed E-state index contributed by atoms with van der Waals surface area (Å²) in [6.45, 7) is -0.720. The number of fused-ring (bicyclic) bond motifs is 2. The van der Waals surface area contributed by atoms with Crippen molar-refractivity contribution < 1.29 is 28.6 Å². The molecule has 1 heterocycles. The van der Waals surface area contributed by atoms with Gasteiger partial charge in [-0.3, -0.25) is 9.59 Å².